The molecule has 0 N–H and O–H groups in total. The zero-order chi connectivity index (χ0) is 11.8. The Morgan fingerprint density at radius 3 is 2.20 bits per heavy atom. The summed E-state index contributed by atoms with van der Waals surface area (Å²) in [7, 11) is 0. The van der Waals surface area contributed by atoms with Crippen molar-refractivity contribution in [2.45, 2.75) is 41.0 Å². The van der Waals surface area contributed by atoms with Gasteiger partial charge in [-0.3, -0.25) is 0 Å². The van der Waals surface area contributed by atoms with E-state index in [0.717, 1.165) is 5.22 Å². The first-order chi connectivity index (χ1) is 7.10. The minimum absolute atomic E-state index is 0.256. The molecule has 0 spiro atoms. The summed E-state index contributed by atoms with van der Waals surface area (Å²) in [6, 6.07) is 1.83. The van der Waals surface area contributed by atoms with Crippen molar-refractivity contribution in [2.75, 3.05) is 0 Å². The quantitative estimate of drug-likeness (QED) is 0.652. The largest absolute Gasteiger partial charge is 0.423 e. The Kier molecular flexibility index (Phi) is 6.43. The molecule has 0 aromatic carbocycles. The summed E-state index contributed by atoms with van der Waals surface area (Å²) in [6.07, 6.45) is 4.96. The predicted molar refractivity (Wildman–Crippen MR) is 65.2 cm³/mol. The highest BCUT2D eigenvalue weighted by molar-refractivity contribution is 5.25. The van der Waals surface area contributed by atoms with Gasteiger partial charge in [0.25, 0.3) is 0 Å². The van der Waals surface area contributed by atoms with E-state index in [1.165, 1.54) is 6.42 Å². The van der Waals surface area contributed by atoms with Crippen molar-refractivity contribution in [1.29, 1.82) is 0 Å². The van der Waals surface area contributed by atoms with E-state index in [1.807, 2.05) is 26.0 Å². The van der Waals surface area contributed by atoms with Crippen LogP contribution in [-0.4, -0.2) is 0 Å². The van der Waals surface area contributed by atoms with Crippen molar-refractivity contribution in [3.8, 4) is 0 Å². The van der Waals surface area contributed by atoms with E-state index in [-0.39, 0.29) is 5.63 Å². The summed E-state index contributed by atoms with van der Waals surface area (Å²) < 4.78 is 5.04. The molecular weight excluding hydrogens is 188 g/mol. The fourth-order valence-corrected chi connectivity index (χ4v) is 1.05. The van der Waals surface area contributed by atoms with Crippen molar-refractivity contribution in [3.63, 3.8) is 0 Å². The molecule has 1 heterocycles. The molecular formula is C13H20O2. The van der Waals surface area contributed by atoms with Crippen LogP contribution in [0.3, 0.4) is 0 Å². The van der Waals surface area contributed by atoms with Crippen LogP contribution in [0.15, 0.2) is 15.3 Å². The van der Waals surface area contributed by atoms with Gasteiger partial charge in [-0.1, -0.05) is 26.3 Å². The van der Waals surface area contributed by atoms with Crippen LogP contribution in [0.2, 0.25) is 0 Å². The monoisotopic (exact) mass is 208 g/mol. The zero-order valence-electron chi connectivity index (χ0n) is 10.3. The van der Waals surface area contributed by atoms with Gasteiger partial charge in [-0.05, 0) is 32.9 Å². The molecule has 1 rings (SSSR count). The zero-order valence-corrected chi connectivity index (χ0v) is 10.3. The standard InChI is InChI=1S/C10H12O2.C3H8/c1-4-8-6-7(3)10(11)12-9(8)5-2;1-3-2/h4-6H,1-3H3;3H2,1-2H3/b8-4-,9-5+;. The van der Waals surface area contributed by atoms with Gasteiger partial charge in [0.05, 0.1) is 0 Å². The lowest BCUT2D eigenvalue weighted by Gasteiger charge is -1.90. The molecule has 1 aromatic rings. The van der Waals surface area contributed by atoms with Gasteiger partial charge >= 0.3 is 5.63 Å². The summed E-state index contributed by atoms with van der Waals surface area (Å²) in [4.78, 5) is 11.1. The van der Waals surface area contributed by atoms with Gasteiger partial charge < -0.3 is 4.42 Å². The van der Waals surface area contributed by atoms with Crippen LogP contribution in [0, 0.1) is 6.92 Å². The summed E-state index contributed by atoms with van der Waals surface area (Å²) in [5, 5.41) is 0.967. The van der Waals surface area contributed by atoms with E-state index in [0.29, 0.717) is 11.0 Å². The van der Waals surface area contributed by atoms with Gasteiger partial charge in [0, 0.05) is 10.8 Å². The van der Waals surface area contributed by atoms with E-state index in [2.05, 4.69) is 13.8 Å². The Balaban J connectivity index is 0.000000583. The van der Waals surface area contributed by atoms with E-state index >= 15 is 0 Å². The van der Waals surface area contributed by atoms with Crippen LogP contribution in [0.4, 0.5) is 0 Å². The third-order valence-electron chi connectivity index (χ3n) is 1.75. The topological polar surface area (TPSA) is 30.2 Å². The van der Waals surface area contributed by atoms with Gasteiger partial charge in [-0.2, -0.15) is 0 Å². The SMILES string of the molecule is C/C=c1/cc(C)c(=O)o/c1=C/C.CCC. The highest BCUT2D eigenvalue weighted by Crippen LogP contribution is 1.77. The third kappa shape index (κ3) is 4.15. The molecule has 0 saturated heterocycles. The molecule has 2 heteroatoms. The van der Waals surface area contributed by atoms with Gasteiger partial charge in [0.2, 0.25) is 0 Å². The maximum Gasteiger partial charge on any atom is 0.339 e. The summed E-state index contributed by atoms with van der Waals surface area (Å²) in [6.45, 7) is 9.76. The van der Waals surface area contributed by atoms with Crippen molar-refractivity contribution < 1.29 is 4.42 Å². The van der Waals surface area contributed by atoms with E-state index in [1.54, 1.807) is 13.0 Å². The Hall–Kier alpha value is -1.31. The second-order valence-electron chi connectivity index (χ2n) is 3.32. The number of aryl methyl sites for hydroxylation is 1. The smallest absolute Gasteiger partial charge is 0.339 e. The molecule has 2 nitrogen and oxygen atoms in total. The molecule has 0 aliphatic rings. The van der Waals surface area contributed by atoms with Gasteiger partial charge in [0.15, 0.2) is 0 Å². The van der Waals surface area contributed by atoms with Crippen LogP contribution in [0.25, 0.3) is 12.2 Å². The maximum absolute atomic E-state index is 11.1. The minimum Gasteiger partial charge on any atom is -0.423 e. The van der Waals surface area contributed by atoms with Crippen LogP contribution in [-0.2, 0) is 0 Å². The Morgan fingerprint density at radius 2 is 1.80 bits per heavy atom. The summed E-state index contributed by atoms with van der Waals surface area (Å²) >= 11 is 0. The number of hydrogen-bond acceptors (Lipinski definition) is 2. The fourth-order valence-electron chi connectivity index (χ4n) is 1.05. The molecule has 0 bridgehead atoms. The molecule has 84 valence electrons. The molecule has 0 unspecified atom stereocenters. The predicted octanol–water partition coefficient (Wildman–Crippen LogP) is 1.97. The highest BCUT2D eigenvalue weighted by atomic mass is 16.4. The molecule has 15 heavy (non-hydrogen) atoms. The Labute approximate surface area is 90.9 Å². The van der Waals surface area contributed by atoms with Crippen molar-refractivity contribution >= 4 is 12.2 Å². The highest BCUT2D eigenvalue weighted by Gasteiger charge is 1.94. The lowest BCUT2D eigenvalue weighted by Crippen LogP contribution is -2.29. The van der Waals surface area contributed by atoms with Crippen LogP contribution in [0.5, 0.6) is 0 Å². The average Bonchev–Trinajstić information content (AvgIpc) is 2.22. The molecule has 0 atom stereocenters. The second-order valence-corrected chi connectivity index (χ2v) is 3.32. The lowest BCUT2D eigenvalue weighted by molar-refractivity contribution is 0.468. The molecule has 0 amide bonds. The molecule has 0 radical (unpaired) electrons. The molecule has 0 saturated carbocycles. The fraction of sp³-hybridized carbons (Fsp3) is 0.462. The normalized spacial score (nSPS) is 12.3. The van der Waals surface area contributed by atoms with Crippen molar-refractivity contribution in [3.05, 3.63) is 32.7 Å². The maximum atomic E-state index is 11.1. The first kappa shape index (κ1) is 13.7. The molecule has 0 fully saturated rings. The van der Waals surface area contributed by atoms with Crippen LogP contribution < -0.4 is 16.3 Å². The summed E-state index contributed by atoms with van der Waals surface area (Å²) in [5.41, 5.74) is 1.04. The van der Waals surface area contributed by atoms with Crippen molar-refractivity contribution in [1.82, 2.24) is 0 Å². The van der Waals surface area contributed by atoms with E-state index in [4.69, 9.17) is 4.42 Å². The van der Waals surface area contributed by atoms with Crippen LogP contribution >= 0.6 is 0 Å². The number of rotatable bonds is 0. The van der Waals surface area contributed by atoms with Gasteiger partial charge in [-0.15, -0.1) is 0 Å². The van der Waals surface area contributed by atoms with Gasteiger partial charge in [0.1, 0.15) is 5.42 Å². The molecule has 1 aromatic heterocycles. The van der Waals surface area contributed by atoms with E-state index < -0.39 is 0 Å². The average molecular weight is 208 g/mol. The van der Waals surface area contributed by atoms with E-state index in [9.17, 15) is 4.79 Å². The minimum atomic E-state index is -0.256. The first-order valence-corrected chi connectivity index (χ1v) is 5.34. The third-order valence-corrected chi connectivity index (χ3v) is 1.75. The van der Waals surface area contributed by atoms with Crippen LogP contribution in [0.1, 0.15) is 39.7 Å². The second kappa shape index (κ2) is 7.04. The van der Waals surface area contributed by atoms with Gasteiger partial charge in [-0.25, -0.2) is 4.79 Å². The Bertz CT molecular complexity index is 452. The number of hydrogen-bond donors (Lipinski definition) is 0. The summed E-state index contributed by atoms with van der Waals surface area (Å²) in [5.74, 6) is 0. The Morgan fingerprint density at radius 1 is 1.27 bits per heavy atom. The molecule has 0 aliphatic heterocycles. The molecule has 0 aliphatic carbocycles. The first-order valence-electron chi connectivity index (χ1n) is 5.34. The lowest BCUT2D eigenvalue weighted by atomic mass is 10.2. The van der Waals surface area contributed by atoms with Crippen molar-refractivity contribution in [2.24, 2.45) is 0 Å².